The van der Waals surface area contributed by atoms with Crippen LogP contribution in [0.3, 0.4) is 0 Å². The maximum absolute atomic E-state index is 12.4. The van der Waals surface area contributed by atoms with E-state index in [1.54, 1.807) is 12.1 Å². The summed E-state index contributed by atoms with van der Waals surface area (Å²) in [7, 11) is 0. The first kappa shape index (κ1) is 13.8. The summed E-state index contributed by atoms with van der Waals surface area (Å²) in [5.41, 5.74) is -0.256. The average Bonchev–Trinajstić information content (AvgIpc) is 2.38. The number of halogens is 4. The standard InChI is InChI=1S/C13H9ClF3NO/c14-10-2-1-7-18-11(10)12(19)8-3-5-9(6-4-8)13(15,16)17/h1-7,12,19H. The van der Waals surface area contributed by atoms with Gasteiger partial charge in [-0.3, -0.25) is 4.98 Å². The first-order valence-electron chi connectivity index (χ1n) is 5.35. The van der Waals surface area contributed by atoms with E-state index >= 15 is 0 Å². The quantitative estimate of drug-likeness (QED) is 0.910. The van der Waals surface area contributed by atoms with E-state index in [0.29, 0.717) is 5.56 Å². The largest absolute Gasteiger partial charge is 0.416 e. The molecule has 1 N–H and O–H groups in total. The Morgan fingerprint density at radius 1 is 1.11 bits per heavy atom. The van der Waals surface area contributed by atoms with Gasteiger partial charge < -0.3 is 5.11 Å². The summed E-state index contributed by atoms with van der Waals surface area (Å²) in [5, 5.41) is 10.3. The summed E-state index contributed by atoms with van der Waals surface area (Å²) in [6, 6.07) is 7.39. The van der Waals surface area contributed by atoms with Crippen LogP contribution < -0.4 is 0 Å². The number of rotatable bonds is 2. The van der Waals surface area contributed by atoms with E-state index in [1.807, 2.05) is 0 Å². The Hall–Kier alpha value is -1.59. The van der Waals surface area contributed by atoms with Gasteiger partial charge in [0, 0.05) is 6.20 Å². The fourth-order valence-corrected chi connectivity index (χ4v) is 1.84. The molecule has 0 radical (unpaired) electrons. The molecule has 1 unspecified atom stereocenters. The van der Waals surface area contributed by atoms with Crippen molar-refractivity contribution in [3.63, 3.8) is 0 Å². The van der Waals surface area contributed by atoms with E-state index < -0.39 is 17.8 Å². The first-order chi connectivity index (χ1) is 8.89. The third-order valence-electron chi connectivity index (χ3n) is 2.60. The lowest BCUT2D eigenvalue weighted by molar-refractivity contribution is -0.137. The molecule has 1 atom stereocenters. The molecule has 1 heterocycles. The van der Waals surface area contributed by atoms with Crippen LogP contribution in [0.1, 0.15) is 22.9 Å². The van der Waals surface area contributed by atoms with Gasteiger partial charge in [-0.15, -0.1) is 0 Å². The van der Waals surface area contributed by atoms with Crippen LogP contribution in [0, 0.1) is 0 Å². The second kappa shape index (κ2) is 5.19. The van der Waals surface area contributed by atoms with Crippen LogP contribution in [0.2, 0.25) is 5.02 Å². The number of benzene rings is 1. The van der Waals surface area contributed by atoms with E-state index in [-0.39, 0.29) is 10.7 Å². The number of aliphatic hydroxyl groups is 1. The van der Waals surface area contributed by atoms with Crippen molar-refractivity contribution in [3.05, 3.63) is 64.4 Å². The molecule has 0 spiro atoms. The monoisotopic (exact) mass is 287 g/mol. The SMILES string of the molecule is OC(c1ccc(C(F)(F)F)cc1)c1ncccc1Cl. The molecular formula is C13H9ClF3NO. The van der Waals surface area contributed by atoms with Crippen molar-refractivity contribution in [3.8, 4) is 0 Å². The Bertz CT molecular complexity index is 569. The Balaban J connectivity index is 2.31. The third-order valence-corrected chi connectivity index (χ3v) is 2.92. The summed E-state index contributed by atoms with van der Waals surface area (Å²) < 4.78 is 37.2. The molecule has 100 valence electrons. The fourth-order valence-electron chi connectivity index (χ4n) is 1.61. The molecule has 0 aliphatic carbocycles. The van der Waals surface area contributed by atoms with Gasteiger partial charge >= 0.3 is 6.18 Å². The minimum Gasteiger partial charge on any atom is -0.382 e. The van der Waals surface area contributed by atoms with Crippen molar-refractivity contribution >= 4 is 11.6 Å². The van der Waals surface area contributed by atoms with Gasteiger partial charge in [0.1, 0.15) is 6.10 Å². The van der Waals surface area contributed by atoms with Gasteiger partial charge in [0.25, 0.3) is 0 Å². The smallest absolute Gasteiger partial charge is 0.382 e. The number of aliphatic hydroxyl groups excluding tert-OH is 1. The maximum Gasteiger partial charge on any atom is 0.416 e. The lowest BCUT2D eigenvalue weighted by Gasteiger charge is -2.13. The zero-order chi connectivity index (χ0) is 14.0. The molecule has 6 heteroatoms. The zero-order valence-electron chi connectivity index (χ0n) is 9.53. The van der Waals surface area contributed by atoms with Gasteiger partial charge in [-0.2, -0.15) is 13.2 Å². The molecule has 2 rings (SSSR count). The molecule has 2 nitrogen and oxygen atoms in total. The Morgan fingerprint density at radius 2 is 1.74 bits per heavy atom. The van der Waals surface area contributed by atoms with Gasteiger partial charge in [-0.25, -0.2) is 0 Å². The normalized spacial score (nSPS) is 13.3. The summed E-state index contributed by atoms with van der Waals surface area (Å²) in [6.45, 7) is 0. The molecule has 2 aromatic rings. The van der Waals surface area contributed by atoms with Gasteiger partial charge in [0.15, 0.2) is 0 Å². The van der Waals surface area contributed by atoms with Crippen molar-refractivity contribution in [1.29, 1.82) is 0 Å². The van der Waals surface area contributed by atoms with E-state index in [4.69, 9.17) is 11.6 Å². The zero-order valence-corrected chi connectivity index (χ0v) is 10.3. The van der Waals surface area contributed by atoms with Crippen molar-refractivity contribution in [1.82, 2.24) is 4.98 Å². The maximum atomic E-state index is 12.4. The van der Waals surface area contributed by atoms with Gasteiger partial charge in [-0.1, -0.05) is 23.7 Å². The average molecular weight is 288 g/mol. The van der Waals surface area contributed by atoms with Crippen LogP contribution in [-0.4, -0.2) is 10.1 Å². The van der Waals surface area contributed by atoms with Crippen LogP contribution >= 0.6 is 11.6 Å². The van der Waals surface area contributed by atoms with Crippen molar-refractivity contribution in [2.24, 2.45) is 0 Å². The number of aromatic nitrogens is 1. The highest BCUT2D eigenvalue weighted by Crippen LogP contribution is 2.31. The van der Waals surface area contributed by atoms with Crippen molar-refractivity contribution in [2.75, 3.05) is 0 Å². The van der Waals surface area contributed by atoms with Crippen LogP contribution in [-0.2, 0) is 6.18 Å². The topological polar surface area (TPSA) is 33.1 Å². The number of pyridine rings is 1. The molecule has 0 aliphatic heterocycles. The number of alkyl halides is 3. The highest BCUT2D eigenvalue weighted by Gasteiger charge is 2.30. The highest BCUT2D eigenvalue weighted by molar-refractivity contribution is 6.31. The molecule has 1 aromatic carbocycles. The predicted octanol–water partition coefficient (Wildman–Crippen LogP) is 3.84. The lowest BCUT2D eigenvalue weighted by atomic mass is 10.0. The number of hydrogen-bond donors (Lipinski definition) is 1. The molecule has 0 amide bonds. The lowest BCUT2D eigenvalue weighted by Crippen LogP contribution is -2.07. The molecule has 0 bridgehead atoms. The molecule has 0 saturated heterocycles. The molecule has 0 aliphatic rings. The number of nitrogens with zero attached hydrogens (tertiary/aromatic N) is 1. The molecule has 0 fully saturated rings. The second-order valence-corrected chi connectivity index (χ2v) is 4.30. The summed E-state index contributed by atoms with van der Waals surface area (Å²) >= 11 is 5.87. The molecule has 19 heavy (non-hydrogen) atoms. The van der Waals surface area contributed by atoms with Crippen LogP contribution in [0.4, 0.5) is 13.2 Å². The fraction of sp³-hybridized carbons (Fsp3) is 0.154. The van der Waals surface area contributed by atoms with Crippen LogP contribution in [0.5, 0.6) is 0 Å². The Labute approximate surface area is 112 Å². The van der Waals surface area contributed by atoms with E-state index in [2.05, 4.69) is 4.98 Å². The van der Waals surface area contributed by atoms with Gasteiger partial charge in [0.2, 0.25) is 0 Å². The van der Waals surface area contributed by atoms with E-state index in [1.165, 1.54) is 18.3 Å². The Kier molecular flexibility index (Phi) is 3.78. The minimum absolute atomic E-state index is 0.212. The summed E-state index contributed by atoms with van der Waals surface area (Å²) in [6.07, 6.45) is -4.10. The van der Waals surface area contributed by atoms with Crippen LogP contribution in [0.15, 0.2) is 42.6 Å². The van der Waals surface area contributed by atoms with E-state index in [0.717, 1.165) is 12.1 Å². The van der Waals surface area contributed by atoms with Crippen molar-refractivity contribution in [2.45, 2.75) is 12.3 Å². The predicted molar refractivity (Wildman–Crippen MR) is 64.8 cm³/mol. The molecule has 0 saturated carbocycles. The summed E-state index contributed by atoms with van der Waals surface area (Å²) in [4.78, 5) is 3.92. The highest BCUT2D eigenvalue weighted by atomic mass is 35.5. The minimum atomic E-state index is -4.40. The van der Waals surface area contributed by atoms with Crippen LogP contribution in [0.25, 0.3) is 0 Å². The van der Waals surface area contributed by atoms with Gasteiger partial charge in [0.05, 0.1) is 16.3 Å². The first-order valence-corrected chi connectivity index (χ1v) is 5.73. The Morgan fingerprint density at radius 3 is 2.26 bits per heavy atom. The van der Waals surface area contributed by atoms with E-state index in [9.17, 15) is 18.3 Å². The second-order valence-electron chi connectivity index (χ2n) is 3.89. The molecular weight excluding hydrogens is 279 g/mol. The van der Waals surface area contributed by atoms with Gasteiger partial charge in [-0.05, 0) is 29.8 Å². The third kappa shape index (κ3) is 3.05. The summed E-state index contributed by atoms with van der Waals surface area (Å²) in [5.74, 6) is 0. The van der Waals surface area contributed by atoms with Crippen molar-refractivity contribution < 1.29 is 18.3 Å². The number of hydrogen-bond acceptors (Lipinski definition) is 2. The molecule has 1 aromatic heterocycles.